The zero-order valence-electron chi connectivity index (χ0n) is 11.1. The third-order valence-electron chi connectivity index (χ3n) is 2.99. The van der Waals surface area contributed by atoms with Crippen LogP contribution in [0.2, 0.25) is 0 Å². The molecule has 0 aromatic rings. The Morgan fingerprint density at radius 3 is 2.35 bits per heavy atom. The van der Waals surface area contributed by atoms with Crippen LogP contribution in [0, 0.1) is 0 Å². The molecule has 17 heavy (non-hydrogen) atoms. The number of hydrogen-bond acceptors (Lipinski definition) is 3. The average Bonchev–Trinajstić information content (AvgIpc) is 2.53. The summed E-state index contributed by atoms with van der Waals surface area (Å²) in [5.74, 6) is 0. The summed E-state index contributed by atoms with van der Waals surface area (Å²) in [6.45, 7) is 9.59. The van der Waals surface area contributed by atoms with Gasteiger partial charge in [-0.05, 0) is 19.4 Å². The Kier molecular flexibility index (Phi) is 5.85. The van der Waals surface area contributed by atoms with Crippen molar-refractivity contribution in [2.75, 3.05) is 32.7 Å². The van der Waals surface area contributed by atoms with E-state index in [9.17, 15) is 8.42 Å². The van der Waals surface area contributed by atoms with Gasteiger partial charge >= 0.3 is 0 Å². The summed E-state index contributed by atoms with van der Waals surface area (Å²) in [6.07, 6.45) is 1.95. The molecule has 1 fully saturated rings. The largest absolute Gasteiger partial charge is 0.315 e. The van der Waals surface area contributed by atoms with Crippen LogP contribution in [0.25, 0.3) is 0 Å². The number of unbranched alkanes of at least 4 members (excludes halogenated alkanes) is 1. The molecule has 0 aromatic heterocycles. The van der Waals surface area contributed by atoms with E-state index in [1.54, 1.807) is 8.61 Å². The van der Waals surface area contributed by atoms with Crippen molar-refractivity contribution in [1.29, 1.82) is 0 Å². The minimum atomic E-state index is -3.14. The van der Waals surface area contributed by atoms with Crippen LogP contribution in [-0.2, 0) is 10.2 Å². The quantitative estimate of drug-likeness (QED) is 0.686. The smallest absolute Gasteiger partial charge is 0.282 e. The summed E-state index contributed by atoms with van der Waals surface area (Å²) in [6, 6.07) is 0.501. The Balaban J connectivity index is 2.25. The van der Waals surface area contributed by atoms with Crippen molar-refractivity contribution in [3.8, 4) is 0 Å². The maximum Gasteiger partial charge on any atom is 0.282 e. The van der Waals surface area contributed by atoms with Crippen LogP contribution in [0.3, 0.4) is 0 Å². The molecular formula is C11H25N3O2S. The first-order valence-corrected chi connectivity index (χ1v) is 7.86. The van der Waals surface area contributed by atoms with Crippen molar-refractivity contribution in [3.63, 3.8) is 0 Å². The van der Waals surface area contributed by atoms with Crippen LogP contribution in [-0.4, -0.2) is 55.8 Å². The van der Waals surface area contributed by atoms with Crippen LogP contribution in [0.4, 0.5) is 0 Å². The summed E-state index contributed by atoms with van der Waals surface area (Å²) in [4.78, 5) is 0. The molecule has 0 aromatic carbocycles. The predicted octanol–water partition coefficient (Wildman–Crippen LogP) is 0.647. The molecule has 0 spiro atoms. The summed E-state index contributed by atoms with van der Waals surface area (Å²) in [5, 5.41) is 3.33. The minimum Gasteiger partial charge on any atom is -0.315 e. The van der Waals surface area contributed by atoms with Gasteiger partial charge in [0, 0.05) is 32.2 Å². The maximum atomic E-state index is 11.9. The number of nitrogens with zero attached hydrogens (tertiary/aromatic N) is 2. The van der Waals surface area contributed by atoms with Crippen molar-refractivity contribution < 1.29 is 8.42 Å². The van der Waals surface area contributed by atoms with Gasteiger partial charge in [0.25, 0.3) is 10.2 Å². The lowest BCUT2D eigenvalue weighted by Crippen LogP contribution is -2.33. The summed E-state index contributed by atoms with van der Waals surface area (Å²) >= 11 is 0. The molecule has 1 heterocycles. The summed E-state index contributed by atoms with van der Waals surface area (Å²) < 4.78 is 27.0. The molecule has 5 nitrogen and oxygen atoms in total. The minimum absolute atomic E-state index is 0.501. The second-order valence-corrected chi connectivity index (χ2v) is 6.64. The van der Waals surface area contributed by atoms with E-state index >= 15 is 0 Å². The zero-order chi connectivity index (χ0) is 12.9. The molecule has 0 atom stereocenters. The highest BCUT2D eigenvalue weighted by Crippen LogP contribution is 2.16. The Labute approximate surface area is 105 Å². The van der Waals surface area contributed by atoms with E-state index in [-0.39, 0.29) is 0 Å². The molecule has 1 N–H and O–H groups in total. The van der Waals surface area contributed by atoms with Crippen LogP contribution >= 0.6 is 0 Å². The van der Waals surface area contributed by atoms with Gasteiger partial charge in [-0.25, -0.2) is 0 Å². The first kappa shape index (κ1) is 14.9. The highest BCUT2D eigenvalue weighted by molar-refractivity contribution is 7.87. The third kappa shape index (κ3) is 4.21. The summed E-state index contributed by atoms with van der Waals surface area (Å²) in [5.41, 5.74) is 0. The normalized spacial score (nSPS) is 21.4. The fourth-order valence-corrected chi connectivity index (χ4v) is 3.61. The van der Waals surface area contributed by atoms with Gasteiger partial charge in [-0.2, -0.15) is 17.0 Å². The maximum absolute atomic E-state index is 11.9. The molecule has 1 rings (SSSR count). The van der Waals surface area contributed by atoms with E-state index in [1.807, 2.05) is 6.92 Å². The van der Waals surface area contributed by atoms with E-state index in [4.69, 9.17) is 0 Å². The van der Waals surface area contributed by atoms with Gasteiger partial charge in [0.1, 0.15) is 0 Å². The fraction of sp³-hybridized carbons (Fsp3) is 1.00. The zero-order valence-corrected chi connectivity index (χ0v) is 12.0. The second kappa shape index (κ2) is 6.68. The molecular weight excluding hydrogens is 238 g/mol. The standard InChI is InChI=1S/C11H25N3O2S/c1-4-13-9-10-14(17(13,15)16)8-6-5-7-12-11(2)3/h11-12H,4-10H2,1-3H3. The third-order valence-corrected chi connectivity index (χ3v) is 5.10. The van der Waals surface area contributed by atoms with Crippen molar-refractivity contribution >= 4 is 10.2 Å². The van der Waals surface area contributed by atoms with E-state index in [0.29, 0.717) is 32.2 Å². The highest BCUT2D eigenvalue weighted by Gasteiger charge is 2.34. The van der Waals surface area contributed by atoms with Gasteiger partial charge in [-0.3, -0.25) is 0 Å². The highest BCUT2D eigenvalue weighted by atomic mass is 32.2. The van der Waals surface area contributed by atoms with Crippen molar-refractivity contribution in [1.82, 2.24) is 13.9 Å². The van der Waals surface area contributed by atoms with E-state index in [2.05, 4.69) is 19.2 Å². The SMILES string of the molecule is CCN1CCN(CCCCNC(C)C)S1(=O)=O. The molecule has 0 bridgehead atoms. The number of rotatable bonds is 7. The van der Waals surface area contributed by atoms with Crippen LogP contribution in [0.15, 0.2) is 0 Å². The predicted molar refractivity (Wildman–Crippen MR) is 70.1 cm³/mol. The molecule has 1 aliphatic heterocycles. The van der Waals surface area contributed by atoms with Crippen LogP contribution in [0.1, 0.15) is 33.6 Å². The van der Waals surface area contributed by atoms with Gasteiger partial charge in [0.05, 0.1) is 0 Å². The van der Waals surface area contributed by atoms with Gasteiger partial charge < -0.3 is 5.32 Å². The molecule has 0 saturated carbocycles. The molecule has 0 amide bonds. The Hall–Kier alpha value is -0.170. The van der Waals surface area contributed by atoms with Gasteiger partial charge in [0.2, 0.25) is 0 Å². The van der Waals surface area contributed by atoms with Crippen molar-refractivity contribution in [3.05, 3.63) is 0 Å². The topological polar surface area (TPSA) is 52.6 Å². The molecule has 1 aliphatic rings. The summed E-state index contributed by atoms with van der Waals surface area (Å²) in [7, 11) is -3.14. The molecule has 1 saturated heterocycles. The molecule has 6 heteroatoms. The number of likely N-dealkylation sites (N-methyl/N-ethyl adjacent to an activating group) is 1. The van der Waals surface area contributed by atoms with Crippen molar-refractivity contribution in [2.45, 2.75) is 39.7 Å². The number of hydrogen-bond donors (Lipinski definition) is 1. The lowest BCUT2D eigenvalue weighted by Gasteiger charge is -2.17. The first-order chi connectivity index (χ1) is 7.98. The van der Waals surface area contributed by atoms with Gasteiger partial charge in [-0.15, -0.1) is 0 Å². The first-order valence-electron chi connectivity index (χ1n) is 6.47. The van der Waals surface area contributed by atoms with Crippen LogP contribution < -0.4 is 5.32 Å². The number of nitrogens with one attached hydrogen (secondary N) is 1. The average molecular weight is 263 g/mol. The Bertz CT molecular complexity index is 317. The van der Waals surface area contributed by atoms with Crippen molar-refractivity contribution in [2.24, 2.45) is 0 Å². The van der Waals surface area contributed by atoms with E-state index in [0.717, 1.165) is 19.4 Å². The van der Waals surface area contributed by atoms with Gasteiger partial charge in [0.15, 0.2) is 0 Å². The molecule has 102 valence electrons. The Morgan fingerprint density at radius 1 is 1.18 bits per heavy atom. The van der Waals surface area contributed by atoms with Gasteiger partial charge in [-0.1, -0.05) is 20.8 Å². The lowest BCUT2D eigenvalue weighted by molar-refractivity contribution is 0.428. The second-order valence-electron chi connectivity index (χ2n) is 4.71. The molecule has 0 radical (unpaired) electrons. The lowest BCUT2D eigenvalue weighted by atomic mass is 10.3. The molecule has 0 aliphatic carbocycles. The monoisotopic (exact) mass is 263 g/mol. The van der Waals surface area contributed by atoms with Crippen LogP contribution in [0.5, 0.6) is 0 Å². The van der Waals surface area contributed by atoms with E-state index in [1.165, 1.54) is 0 Å². The van der Waals surface area contributed by atoms with E-state index < -0.39 is 10.2 Å². The Morgan fingerprint density at radius 2 is 1.82 bits per heavy atom. The molecule has 0 unspecified atom stereocenters. The fourth-order valence-electron chi connectivity index (χ4n) is 1.97.